The van der Waals surface area contributed by atoms with Gasteiger partial charge in [0.1, 0.15) is 24.7 Å². The molecule has 0 aromatic heterocycles. The molecule has 0 aliphatic rings. The van der Waals surface area contributed by atoms with Crippen molar-refractivity contribution < 1.29 is 32.2 Å². The molecular weight excluding hydrogens is 397 g/mol. The lowest BCUT2D eigenvalue weighted by molar-refractivity contribution is -0.274. The number of ether oxygens (including phenoxy) is 3. The Morgan fingerprint density at radius 3 is 2.27 bits per heavy atom. The van der Waals surface area contributed by atoms with E-state index < -0.39 is 6.36 Å². The maximum atomic E-state index is 12.3. The van der Waals surface area contributed by atoms with Gasteiger partial charge in [0, 0.05) is 5.56 Å². The van der Waals surface area contributed by atoms with Gasteiger partial charge in [-0.15, -0.1) is 13.2 Å². The van der Waals surface area contributed by atoms with Gasteiger partial charge >= 0.3 is 6.36 Å². The molecule has 0 bridgehead atoms. The van der Waals surface area contributed by atoms with Gasteiger partial charge in [-0.2, -0.15) is 0 Å². The summed E-state index contributed by atoms with van der Waals surface area (Å²) in [5.41, 5.74) is 2.04. The summed E-state index contributed by atoms with van der Waals surface area (Å²) in [5.74, 6) is 0.509. The van der Waals surface area contributed by atoms with Crippen molar-refractivity contribution in [3.05, 3.63) is 89.5 Å². The highest BCUT2D eigenvalue weighted by Crippen LogP contribution is 2.33. The molecule has 0 N–H and O–H groups in total. The minimum atomic E-state index is -4.74. The molecule has 156 valence electrons. The first-order valence-corrected chi connectivity index (χ1v) is 9.12. The van der Waals surface area contributed by atoms with Crippen LogP contribution in [0.1, 0.15) is 34.5 Å². The van der Waals surface area contributed by atoms with Gasteiger partial charge in [0.05, 0.1) is 0 Å². The largest absolute Gasteiger partial charge is 0.573 e. The second kappa shape index (κ2) is 9.35. The van der Waals surface area contributed by atoms with Crippen LogP contribution in [0.2, 0.25) is 0 Å². The van der Waals surface area contributed by atoms with Crippen molar-refractivity contribution in [3.63, 3.8) is 0 Å². The number of halogens is 3. The number of carbonyl (C=O) groups is 1. The first-order valence-electron chi connectivity index (χ1n) is 9.12. The highest BCUT2D eigenvalue weighted by molar-refractivity contribution is 5.76. The fraction of sp³-hybridized carbons (Fsp3) is 0.174. The second-order valence-corrected chi connectivity index (χ2v) is 6.48. The summed E-state index contributed by atoms with van der Waals surface area (Å²) in [6.45, 7) is 1.98. The maximum Gasteiger partial charge on any atom is 0.573 e. The minimum Gasteiger partial charge on any atom is -0.485 e. The molecule has 1 atom stereocenters. The SMILES string of the molecule is C[C@H](Oc1cc(C=O)ccc1OCc1ccc(OC(F)(F)F)cc1)c1ccccc1. The van der Waals surface area contributed by atoms with Crippen LogP contribution >= 0.6 is 0 Å². The molecule has 4 nitrogen and oxygen atoms in total. The fourth-order valence-corrected chi connectivity index (χ4v) is 2.74. The number of benzene rings is 3. The van der Waals surface area contributed by atoms with Crippen molar-refractivity contribution >= 4 is 6.29 Å². The molecule has 0 saturated carbocycles. The zero-order valence-electron chi connectivity index (χ0n) is 16.1. The monoisotopic (exact) mass is 416 g/mol. The Morgan fingerprint density at radius 2 is 1.63 bits per heavy atom. The smallest absolute Gasteiger partial charge is 0.485 e. The Hall–Kier alpha value is -3.48. The molecule has 0 radical (unpaired) electrons. The van der Waals surface area contributed by atoms with Gasteiger partial charge in [-0.1, -0.05) is 42.5 Å². The van der Waals surface area contributed by atoms with Gasteiger partial charge in [0.25, 0.3) is 0 Å². The van der Waals surface area contributed by atoms with Crippen molar-refractivity contribution in [2.45, 2.75) is 26.0 Å². The Bertz CT molecular complexity index is 970. The molecular formula is C23H19F3O4. The second-order valence-electron chi connectivity index (χ2n) is 6.48. The molecule has 3 aromatic rings. The maximum absolute atomic E-state index is 12.3. The summed E-state index contributed by atoms with van der Waals surface area (Å²) in [6.07, 6.45) is -4.31. The van der Waals surface area contributed by atoms with Gasteiger partial charge < -0.3 is 14.2 Å². The third-order valence-corrected chi connectivity index (χ3v) is 4.23. The molecule has 3 aromatic carbocycles. The molecule has 0 fully saturated rings. The van der Waals surface area contributed by atoms with Gasteiger partial charge in [0.2, 0.25) is 0 Å². The molecule has 0 spiro atoms. The van der Waals surface area contributed by atoms with Gasteiger partial charge in [-0.05, 0) is 48.4 Å². The zero-order chi connectivity index (χ0) is 21.6. The third-order valence-electron chi connectivity index (χ3n) is 4.23. The van der Waals surface area contributed by atoms with Crippen molar-refractivity contribution in [2.75, 3.05) is 0 Å². The highest BCUT2D eigenvalue weighted by atomic mass is 19.4. The van der Waals surface area contributed by atoms with E-state index in [9.17, 15) is 18.0 Å². The van der Waals surface area contributed by atoms with Crippen molar-refractivity contribution in [3.8, 4) is 17.2 Å². The van der Waals surface area contributed by atoms with Crippen molar-refractivity contribution in [1.82, 2.24) is 0 Å². The lowest BCUT2D eigenvalue weighted by atomic mass is 10.1. The number of aldehydes is 1. The molecule has 3 rings (SSSR count). The summed E-state index contributed by atoms with van der Waals surface area (Å²) in [7, 11) is 0. The molecule has 7 heteroatoms. The molecule has 0 unspecified atom stereocenters. The van der Waals surface area contributed by atoms with E-state index in [1.807, 2.05) is 37.3 Å². The van der Waals surface area contributed by atoms with Crippen LogP contribution in [0.25, 0.3) is 0 Å². The molecule has 0 heterocycles. The summed E-state index contributed by atoms with van der Waals surface area (Å²) < 4.78 is 52.4. The van der Waals surface area contributed by atoms with E-state index in [-0.39, 0.29) is 18.5 Å². The van der Waals surface area contributed by atoms with E-state index >= 15 is 0 Å². The van der Waals surface area contributed by atoms with Gasteiger partial charge in [0.15, 0.2) is 11.5 Å². The number of carbonyl (C=O) groups excluding carboxylic acids is 1. The Morgan fingerprint density at radius 1 is 0.933 bits per heavy atom. The summed E-state index contributed by atoms with van der Waals surface area (Å²) in [5, 5.41) is 0. The first-order chi connectivity index (χ1) is 14.3. The molecule has 0 aliphatic carbocycles. The minimum absolute atomic E-state index is 0.100. The van der Waals surface area contributed by atoms with Crippen molar-refractivity contribution in [1.29, 1.82) is 0 Å². The van der Waals surface area contributed by atoms with Crippen LogP contribution in [0.15, 0.2) is 72.8 Å². The Labute approximate surface area is 171 Å². The van der Waals surface area contributed by atoms with Crippen LogP contribution in [0.5, 0.6) is 17.2 Å². The quantitative estimate of drug-likeness (QED) is 0.415. The number of rotatable bonds is 8. The molecule has 0 amide bonds. The van der Waals surface area contributed by atoms with E-state index in [2.05, 4.69) is 4.74 Å². The van der Waals surface area contributed by atoms with E-state index in [1.165, 1.54) is 24.3 Å². The fourth-order valence-electron chi connectivity index (χ4n) is 2.74. The lowest BCUT2D eigenvalue weighted by Crippen LogP contribution is -2.17. The lowest BCUT2D eigenvalue weighted by Gasteiger charge is -2.18. The Balaban J connectivity index is 1.71. The normalized spacial score (nSPS) is 12.1. The van der Waals surface area contributed by atoms with Crippen molar-refractivity contribution in [2.24, 2.45) is 0 Å². The van der Waals surface area contributed by atoms with Crippen LogP contribution < -0.4 is 14.2 Å². The third kappa shape index (κ3) is 6.01. The molecule has 0 saturated heterocycles. The zero-order valence-corrected chi connectivity index (χ0v) is 16.1. The van der Waals surface area contributed by atoms with E-state index in [0.717, 1.165) is 5.56 Å². The van der Waals surface area contributed by atoms with Crippen LogP contribution in [0.4, 0.5) is 13.2 Å². The van der Waals surface area contributed by atoms with Crippen LogP contribution in [0, 0.1) is 0 Å². The van der Waals surface area contributed by atoms with E-state index in [4.69, 9.17) is 9.47 Å². The van der Waals surface area contributed by atoms with Gasteiger partial charge in [-0.25, -0.2) is 0 Å². The van der Waals surface area contributed by atoms with Gasteiger partial charge in [-0.3, -0.25) is 4.79 Å². The summed E-state index contributed by atoms with van der Waals surface area (Å²) in [6, 6.07) is 19.8. The number of alkyl halides is 3. The first kappa shape index (κ1) is 21.2. The standard InChI is InChI=1S/C23H19F3O4/c1-16(19-5-3-2-4-6-19)29-22-13-18(14-27)9-12-21(22)28-15-17-7-10-20(11-8-17)30-23(24,25)26/h2-14,16H,15H2,1H3/t16-/m0/s1. The summed E-state index contributed by atoms with van der Waals surface area (Å²) >= 11 is 0. The number of hydrogen-bond donors (Lipinski definition) is 0. The van der Waals surface area contributed by atoms with Crippen LogP contribution in [-0.2, 0) is 6.61 Å². The predicted molar refractivity (Wildman–Crippen MR) is 105 cm³/mol. The summed E-state index contributed by atoms with van der Waals surface area (Å²) in [4.78, 5) is 11.1. The highest BCUT2D eigenvalue weighted by Gasteiger charge is 2.30. The van der Waals surface area contributed by atoms with Crippen LogP contribution in [0.3, 0.4) is 0 Å². The predicted octanol–water partition coefficient (Wildman–Crippen LogP) is 6.12. The topological polar surface area (TPSA) is 44.8 Å². The average Bonchev–Trinajstić information content (AvgIpc) is 2.73. The van der Waals surface area contributed by atoms with Crippen LogP contribution in [-0.4, -0.2) is 12.6 Å². The van der Waals surface area contributed by atoms with E-state index in [0.29, 0.717) is 28.9 Å². The average molecular weight is 416 g/mol. The molecule has 0 aliphatic heterocycles. The van der Waals surface area contributed by atoms with E-state index in [1.54, 1.807) is 18.2 Å². The number of hydrogen-bond acceptors (Lipinski definition) is 4. The molecule has 30 heavy (non-hydrogen) atoms. The Kier molecular flexibility index (Phi) is 6.61.